The number of esters is 1. The van der Waals surface area contributed by atoms with Crippen LogP contribution < -0.4 is 5.73 Å². The van der Waals surface area contributed by atoms with Crippen LogP contribution in [0.2, 0.25) is 0 Å². The number of hydrogen-bond donors (Lipinski definition) is 1. The molecule has 0 bridgehead atoms. The van der Waals surface area contributed by atoms with Crippen LogP contribution in [-0.4, -0.2) is 42.5 Å². The first kappa shape index (κ1) is 13.0. The maximum Gasteiger partial charge on any atom is 0.328 e. The third kappa shape index (κ3) is 2.52. The molecule has 0 radical (unpaired) electrons. The highest BCUT2D eigenvalue weighted by Crippen LogP contribution is 2.20. The van der Waals surface area contributed by atoms with Crippen LogP contribution in [0.25, 0.3) is 0 Å². The second-order valence-electron chi connectivity index (χ2n) is 4.48. The van der Waals surface area contributed by atoms with Crippen LogP contribution in [0.1, 0.15) is 26.7 Å². The van der Waals surface area contributed by atoms with Gasteiger partial charge in [-0.1, -0.05) is 13.8 Å². The average molecular weight is 228 g/mol. The topological polar surface area (TPSA) is 72.6 Å². The molecule has 0 aliphatic carbocycles. The first-order chi connectivity index (χ1) is 7.49. The lowest BCUT2D eigenvalue weighted by Crippen LogP contribution is -2.50. The predicted octanol–water partition coefficient (Wildman–Crippen LogP) is 0.134. The Balaban J connectivity index is 2.71. The van der Waals surface area contributed by atoms with Crippen LogP contribution in [0.5, 0.6) is 0 Å². The maximum atomic E-state index is 12.0. The number of likely N-dealkylation sites (tertiary alicyclic amines) is 1. The molecule has 1 amide bonds. The molecule has 0 aromatic rings. The monoisotopic (exact) mass is 228 g/mol. The van der Waals surface area contributed by atoms with Crippen molar-refractivity contribution in [2.45, 2.75) is 38.8 Å². The van der Waals surface area contributed by atoms with Gasteiger partial charge < -0.3 is 15.4 Å². The summed E-state index contributed by atoms with van der Waals surface area (Å²) in [6.45, 7) is 4.39. The maximum absolute atomic E-state index is 12.0. The minimum absolute atomic E-state index is 0.0754. The Bertz CT molecular complexity index is 278. The number of methoxy groups -OCH3 is 1. The van der Waals surface area contributed by atoms with Gasteiger partial charge in [-0.3, -0.25) is 4.79 Å². The van der Waals surface area contributed by atoms with Gasteiger partial charge in [0.15, 0.2) is 0 Å². The average Bonchev–Trinajstić information content (AvgIpc) is 2.74. The SMILES string of the molecule is COC(=O)[C@@H]1CCCN1C(=O)[C@@H](N)C(C)C. The lowest BCUT2D eigenvalue weighted by Gasteiger charge is -2.27. The molecule has 0 spiro atoms. The van der Waals surface area contributed by atoms with E-state index in [-0.39, 0.29) is 17.8 Å². The quantitative estimate of drug-likeness (QED) is 0.697. The fourth-order valence-electron chi connectivity index (χ4n) is 1.89. The van der Waals surface area contributed by atoms with E-state index >= 15 is 0 Å². The molecule has 1 rings (SSSR count). The molecule has 5 heteroatoms. The molecule has 0 aromatic carbocycles. The molecule has 2 N–H and O–H groups in total. The summed E-state index contributed by atoms with van der Waals surface area (Å²) in [5, 5.41) is 0. The second kappa shape index (κ2) is 5.30. The second-order valence-corrected chi connectivity index (χ2v) is 4.48. The molecule has 16 heavy (non-hydrogen) atoms. The largest absolute Gasteiger partial charge is 0.467 e. The number of nitrogens with zero attached hydrogens (tertiary/aromatic N) is 1. The van der Waals surface area contributed by atoms with E-state index in [9.17, 15) is 9.59 Å². The van der Waals surface area contributed by atoms with Crippen molar-refractivity contribution in [1.29, 1.82) is 0 Å². The zero-order valence-corrected chi connectivity index (χ0v) is 10.1. The summed E-state index contributed by atoms with van der Waals surface area (Å²) in [7, 11) is 1.34. The highest BCUT2D eigenvalue weighted by atomic mass is 16.5. The van der Waals surface area contributed by atoms with Gasteiger partial charge in [-0.05, 0) is 18.8 Å². The van der Waals surface area contributed by atoms with Gasteiger partial charge in [-0.25, -0.2) is 4.79 Å². The van der Waals surface area contributed by atoms with Crippen molar-refractivity contribution in [1.82, 2.24) is 4.90 Å². The Morgan fingerprint density at radius 1 is 1.44 bits per heavy atom. The van der Waals surface area contributed by atoms with Crippen LogP contribution >= 0.6 is 0 Å². The van der Waals surface area contributed by atoms with Crippen molar-refractivity contribution in [3.05, 3.63) is 0 Å². The van der Waals surface area contributed by atoms with Gasteiger partial charge in [-0.15, -0.1) is 0 Å². The van der Waals surface area contributed by atoms with E-state index in [0.717, 1.165) is 6.42 Å². The van der Waals surface area contributed by atoms with E-state index in [0.29, 0.717) is 13.0 Å². The third-order valence-electron chi connectivity index (χ3n) is 3.01. The van der Waals surface area contributed by atoms with Gasteiger partial charge in [0.1, 0.15) is 6.04 Å². The number of ether oxygens (including phenoxy) is 1. The van der Waals surface area contributed by atoms with E-state index in [1.54, 1.807) is 4.90 Å². The van der Waals surface area contributed by atoms with Crippen molar-refractivity contribution in [2.24, 2.45) is 11.7 Å². The fourth-order valence-corrected chi connectivity index (χ4v) is 1.89. The molecule has 1 fully saturated rings. The molecule has 1 heterocycles. The molecule has 1 aliphatic rings. The third-order valence-corrected chi connectivity index (χ3v) is 3.01. The smallest absolute Gasteiger partial charge is 0.328 e. The number of carbonyl (C=O) groups excluding carboxylic acids is 2. The number of amides is 1. The minimum atomic E-state index is -0.537. The van der Waals surface area contributed by atoms with Crippen LogP contribution in [-0.2, 0) is 14.3 Å². The van der Waals surface area contributed by atoms with Gasteiger partial charge in [0.2, 0.25) is 5.91 Å². The molecular formula is C11H20N2O3. The zero-order chi connectivity index (χ0) is 12.3. The lowest BCUT2D eigenvalue weighted by molar-refractivity contribution is -0.151. The van der Waals surface area contributed by atoms with E-state index < -0.39 is 12.1 Å². The van der Waals surface area contributed by atoms with Crippen LogP contribution in [0.3, 0.4) is 0 Å². The van der Waals surface area contributed by atoms with Crippen molar-refractivity contribution in [2.75, 3.05) is 13.7 Å². The zero-order valence-electron chi connectivity index (χ0n) is 10.1. The van der Waals surface area contributed by atoms with E-state index in [1.807, 2.05) is 13.8 Å². The molecule has 92 valence electrons. The summed E-state index contributed by atoms with van der Waals surface area (Å²) in [6.07, 6.45) is 1.50. The minimum Gasteiger partial charge on any atom is -0.467 e. The van der Waals surface area contributed by atoms with Crippen molar-refractivity contribution >= 4 is 11.9 Å². The Hall–Kier alpha value is -1.10. The first-order valence-electron chi connectivity index (χ1n) is 5.63. The number of nitrogens with two attached hydrogens (primary N) is 1. The molecule has 2 atom stereocenters. The highest BCUT2D eigenvalue weighted by Gasteiger charge is 2.37. The van der Waals surface area contributed by atoms with Crippen molar-refractivity contribution < 1.29 is 14.3 Å². The molecule has 1 saturated heterocycles. The van der Waals surface area contributed by atoms with E-state index in [1.165, 1.54) is 7.11 Å². The highest BCUT2D eigenvalue weighted by molar-refractivity contribution is 5.88. The summed E-state index contributed by atoms with van der Waals surface area (Å²) < 4.78 is 4.68. The molecule has 0 aromatic heterocycles. The van der Waals surface area contributed by atoms with Crippen molar-refractivity contribution in [3.63, 3.8) is 0 Å². The Kier molecular flexibility index (Phi) is 4.29. The molecule has 5 nitrogen and oxygen atoms in total. The van der Waals surface area contributed by atoms with Crippen LogP contribution in [0.15, 0.2) is 0 Å². The Labute approximate surface area is 95.9 Å². The Morgan fingerprint density at radius 2 is 2.06 bits per heavy atom. The van der Waals surface area contributed by atoms with Gasteiger partial charge in [0.25, 0.3) is 0 Å². The van der Waals surface area contributed by atoms with Gasteiger partial charge in [-0.2, -0.15) is 0 Å². The molecule has 0 saturated carbocycles. The summed E-state index contributed by atoms with van der Waals surface area (Å²) in [4.78, 5) is 25.0. The van der Waals surface area contributed by atoms with Crippen LogP contribution in [0.4, 0.5) is 0 Å². The van der Waals surface area contributed by atoms with Crippen molar-refractivity contribution in [3.8, 4) is 0 Å². The number of carbonyl (C=O) groups is 2. The van der Waals surface area contributed by atoms with Gasteiger partial charge in [0.05, 0.1) is 13.2 Å². The number of hydrogen-bond acceptors (Lipinski definition) is 4. The molecular weight excluding hydrogens is 208 g/mol. The molecule has 0 unspecified atom stereocenters. The Morgan fingerprint density at radius 3 is 2.56 bits per heavy atom. The summed E-state index contributed by atoms with van der Waals surface area (Å²) in [5.41, 5.74) is 5.80. The standard InChI is InChI=1S/C11H20N2O3/c1-7(2)9(12)10(14)13-6-4-5-8(13)11(15)16-3/h7-9H,4-6,12H2,1-3H3/t8-,9-/m0/s1. The van der Waals surface area contributed by atoms with E-state index in [4.69, 9.17) is 5.73 Å². The summed E-state index contributed by atoms with van der Waals surface area (Å²) in [6, 6.07) is -0.979. The van der Waals surface area contributed by atoms with Crippen LogP contribution in [0, 0.1) is 5.92 Å². The number of rotatable bonds is 3. The van der Waals surface area contributed by atoms with Gasteiger partial charge in [0, 0.05) is 6.54 Å². The van der Waals surface area contributed by atoms with Gasteiger partial charge >= 0.3 is 5.97 Å². The normalized spacial score (nSPS) is 22.3. The fraction of sp³-hybridized carbons (Fsp3) is 0.818. The lowest BCUT2D eigenvalue weighted by atomic mass is 10.0. The van der Waals surface area contributed by atoms with E-state index in [2.05, 4.69) is 4.74 Å². The predicted molar refractivity (Wildman–Crippen MR) is 59.6 cm³/mol. The summed E-state index contributed by atoms with van der Waals surface area (Å²) >= 11 is 0. The molecule has 1 aliphatic heterocycles. The first-order valence-corrected chi connectivity index (χ1v) is 5.63. The summed E-state index contributed by atoms with van der Waals surface area (Å²) in [5.74, 6) is -0.420.